The van der Waals surface area contributed by atoms with Crippen LogP contribution in [0, 0.1) is 13.8 Å². The summed E-state index contributed by atoms with van der Waals surface area (Å²) in [7, 11) is 0. The zero-order valence-corrected chi connectivity index (χ0v) is 18.1. The predicted octanol–water partition coefficient (Wildman–Crippen LogP) is 4.05. The van der Waals surface area contributed by atoms with Gasteiger partial charge < -0.3 is 9.80 Å². The Morgan fingerprint density at radius 2 is 1.82 bits per heavy atom. The highest BCUT2D eigenvalue weighted by Gasteiger charge is 2.23. The molecule has 3 rings (SSSR count). The molecule has 1 saturated heterocycles. The summed E-state index contributed by atoms with van der Waals surface area (Å²) >= 11 is 1.61. The normalized spacial score (nSPS) is 15.0. The van der Waals surface area contributed by atoms with Gasteiger partial charge in [0.2, 0.25) is 5.91 Å². The molecule has 0 N–H and O–H groups in total. The maximum absolute atomic E-state index is 12.7. The molecule has 0 saturated carbocycles. The summed E-state index contributed by atoms with van der Waals surface area (Å²) in [4.78, 5) is 27.5. The van der Waals surface area contributed by atoms with Gasteiger partial charge in [0.15, 0.2) is 0 Å². The minimum Gasteiger partial charge on any atom is -0.354 e. The molecule has 1 aromatic carbocycles. The number of hydrogen-bond donors (Lipinski definition) is 0. The van der Waals surface area contributed by atoms with Gasteiger partial charge in [-0.25, -0.2) is 9.97 Å². The van der Waals surface area contributed by atoms with E-state index in [1.165, 1.54) is 5.56 Å². The van der Waals surface area contributed by atoms with Gasteiger partial charge in [0, 0.05) is 42.3 Å². The Labute approximate surface area is 172 Å². The number of amides is 1. The van der Waals surface area contributed by atoms with Gasteiger partial charge in [-0.05, 0) is 38.3 Å². The predicted molar refractivity (Wildman–Crippen MR) is 116 cm³/mol. The Hall–Kier alpha value is -2.08. The Morgan fingerprint density at radius 3 is 2.54 bits per heavy atom. The van der Waals surface area contributed by atoms with Crippen LogP contribution < -0.4 is 4.90 Å². The van der Waals surface area contributed by atoms with Crippen LogP contribution in [0.25, 0.3) is 0 Å². The molecule has 1 fully saturated rings. The van der Waals surface area contributed by atoms with Gasteiger partial charge in [0.25, 0.3) is 0 Å². The van der Waals surface area contributed by atoms with Crippen molar-refractivity contribution in [1.82, 2.24) is 14.9 Å². The third kappa shape index (κ3) is 5.04. The van der Waals surface area contributed by atoms with Gasteiger partial charge in [0.1, 0.15) is 11.6 Å². The number of benzene rings is 1. The Morgan fingerprint density at radius 1 is 1.07 bits per heavy atom. The van der Waals surface area contributed by atoms with Crippen molar-refractivity contribution in [3.63, 3.8) is 0 Å². The van der Waals surface area contributed by atoms with Crippen LogP contribution in [-0.4, -0.2) is 52.7 Å². The lowest BCUT2D eigenvalue weighted by Gasteiger charge is -2.27. The van der Waals surface area contributed by atoms with Gasteiger partial charge in [-0.3, -0.25) is 4.79 Å². The Kier molecular flexibility index (Phi) is 6.94. The van der Waals surface area contributed by atoms with Gasteiger partial charge in [-0.1, -0.05) is 32.0 Å². The molecular formula is C22H30N4OS. The highest BCUT2D eigenvalue weighted by molar-refractivity contribution is 8.00. The smallest absolute Gasteiger partial charge is 0.232 e. The van der Waals surface area contributed by atoms with E-state index in [-0.39, 0.29) is 5.91 Å². The van der Waals surface area contributed by atoms with Crippen molar-refractivity contribution in [2.45, 2.75) is 44.9 Å². The summed E-state index contributed by atoms with van der Waals surface area (Å²) in [5, 5.41) is 0. The standard InChI is InChI=1S/C22H30N4OS/c1-16(2)21-17(3)23-18(4)24-22(21)26-12-8-11-25(13-14-26)20(27)15-28-19-9-6-5-7-10-19/h5-7,9-10,16H,8,11-15H2,1-4H3. The first-order valence-corrected chi connectivity index (χ1v) is 11.0. The van der Waals surface area contributed by atoms with E-state index in [1.807, 2.05) is 30.0 Å². The van der Waals surface area contributed by atoms with Crippen LogP contribution in [-0.2, 0) is 4.79 Å². The first kappa shape index (κ1) is 20.6. The summed E-state index contributed by atoms with van der Waals surface area (Å²) in [6.45, 7) is 11.7. The van der Waals surface area contributed by atoms with Gasteiger partial charge in [-0.15, -0.1) is 11.8 Å². The molecule has 0 bridgehead atoms. The number of aryl methyl sites for hydroxylation is 2. The van der Waals surface area contributed by atoms with Crippen LogP contribution in [0.5, 0.6) is 0 Å². The molecule has 0 unspecified atom stereocenters. The van der Waals surface area contributed by atoms with Crippen molar-refractivity contribution in [1.29, 1.82) is 0 Å². The Bertz CT molecular complexity index is 810. The number of thioether (sulfide) groups is 1. The molecule has 150 valence electrons. The monoisotopic (exact) mass is 398 g/mol. The van der Waals surface area contributed by atoms with Crippen LogP contribution in [0.15, 0.2) is 35.2 Å². The van der Waals surface area contributed by atoms with E-state index < -0.39 is 0 Å². The number of carbonyl (C=O) groups excluding carboxylic acids is 1. The molecule has 0 spiro atoms. The van der Waals surface area contributed by atoms with Crippen molar-refractivity contribution >= 4 is 23.5 Å². The van der Waals surface area contributed by atoms with E-state index in [1.54, 1.807) is 11.8 Å². The quantitative estimate of drug-likeness (QED) is 0.711. The maximum atomic E-state index is 12.7. The topological polar surface area (TPSA) is 49.3 Å². The van der Waals surface area contributed by atoms with Gasteiger partial charge >= 0.3 is 0 Å². The van der Waals surface area contributed by atoms with E-state index in [0.717, 1.165) is 54.8 Å². The van der Waals surface area contributed by atoms with Crippen LogP contribution in [0.3, 0.4) is 0 Å². The lowest BCUT2D eigenvalue weighted by molar-refractivity contribution is -0.128. The van der Waals surface area contributed by atoms with Gasteiger partial charge in [0.05, 0.1) is 5.75 Å². The fourth-order valence-corrected chi connectivity index (χ4v) is 4.57. The zero-order chi connectivity index (χ0) is 20.1. The molecule has 1 aliphatic rings. The number of anilines is 1. The van der Waals surface area contributed by atoms with Crippen molar-refractivity contribution in [2.75, 3.05) is 36.8 Å². The average Bonchev–Trinajstić information content (AvgIpc) is 2.92. The molecule has 0 aliphatic carbocycles. The lowest BCUT2D eigenvalue weighted by atomic mass is 10.0. The molecule has 2 heterocycles. The number of hydrogen-bond acceptors (Lipinski definition) is 5. The SMILES string of the molecule is Cc1nc(C)c(C(C)C)c(N2CCCN(C(=O)CSc3ccccc3)CC2)n1. The van der Waals surface area contributed by atoms with E-state index in [2.05, 4.69) is 42.8 Å². The third-order valence-electron chi connectivity index (χ3n) is 5.06. The first-order valence-electron chi connectivity index (χ1n) is 10.0. The second-order valence-electron chi connectivity index (χ2n) is 7.57. The molecule has 28 heavy (non-hydrogen) atoms. The van der Waals surface area contributed by atoms with E-state index in [9.17, 15) is 4.79 Å². The van der Waals surface area contributed by atoms with Crippen molar-refractivity contribution in [2.24, 2.45) is 0 Å². The molecule has 1 amide bonds. The first-order chi connectivity index (χ1) is 13.5. The van der Waals surface area contributed by atoms with Gasteiger partial charge in [-0.2, -0.15) is 0 Å². The molecule has 1 aliphatic heterocycles. The van der Waals surface area contributed by atoms with Crippen molar-refractivity contribution < 1.29 is 4.79 Å². The number of nitrogens with zero attached hydrogens (tertiary/aromatic N) is 4. The fraction of sp³-hybridized carbons (Fsp3) is 0.500. The molecule has 6 heteroatoms. The molecule has 5 nitrogen and oxygen atoms in total. The number of carbonyl (C=O) groups is 1. The zero-order valence-electron chi connectivity index (χ0n) is 17.3. The lowest BCUT2D eigenvalue weighted by Crippen LogP contribution is -2.36. The highest BCUT2D eigenvalue weighted by Crippen LogP contribution is 2.29. The molecule has 0 atom stereocenters. The van der Waals surface area contributed by atoms with Crippen molar-refractivity contribution in [3.8, 4) is 0 Å². The largest absolute Gasteiger partial charge is 0.354 e. The van der Waals surface area contributed by atoms with Crippen LogP contribution in [0.2, 0.25) is 0 Å². The van der Waals surface area contributed by atoms with Crippen LogP contribution >= 0.6 is 11.8 Å². The molecule has 2 aromatic rings. The van der Waals surface area contributed by atoms with Crippen molar-refractivity contribution in [3.05, 3.63) is 47.4 Å². The third-order valence-corrected chi connectivity index (χ3v) is 6.06. The Balaban J connectivity index is 1.66. The summed E-state index contributed by atoms with van der Waals surface area (Å²) in [6, 6.07) is 10.1. The maximum Gasteiger partial charge on any atom is 0.232 e. The van der Waals surface area contributed by atoms with Crippen LogP contribution in [0.4, 0.5) is 5.82 Å². The number of aromatic nitrogens is 2. The molecule has 0 radical (unpaired) electrons. The van der Waals surface area contributed by atoms with E-state index >= 15 is 0 Å². The summed E-state index contributed by atoms with van der Waals surface area (Å²) < 4.78 is 0. The van der Waals surface area contributed by atoms with E-state index in [4.69, 9.17) is 4.98 Å². The summed E-state index contributed by atoms with van der Waals surface area (Å²) in [6.07, 6.45) is 0.960. The number of rotatable bonds is 5. The molecule has 1 aromatic heterocycles. The van der Waals surface area contributed by atoms with Crippen LogP contribution in [0.1, 0.15) is 43.3 Å². The highest BCUT2D eigenvalue weighted by atomic mass is 32.2. The fourth-order valence-electron chi connectivity index (χ4n) is 3.75. The van der Waals surface area contributed by atoms with E-state index in [0.29, 0.717) is 11.7 Å². The molecular weight excluding hydrogens is 368 g/mol. The minimum atomic E-state index is 0.217. The second kappa shape index (κ2) is 9.41. The average molecular weight is 399 g/mol. The summed E-state index contributed by atoms with van der Waals surface area (Å²) in [5.41, 5.74) is 2.29. The second-order valence-corrected chi connectivity index (χ2v) is 8.62. The minimum absolute atomic E-state index is 0.217. The summed E-state index contributed by atoms with van der Waals surface area (Å²) in [5.74, 6) is 2.95.